The number of aliphatic imine (C=N–C) groups is 1. The summed E-state index contributed by atoms with van der Waals surface area (Å²) in [5, 5.41) is 10.1. The van der Waals surface area contributed by atoms with Gasteiger partial charge in [-0.2, -0.15) is 0 Å². The van der Waals surface area contributed by atoms with Crippen molar-refractivity contribution >= 4 is 22.1 Å². The lowest BCUT2D eigenvalue weighted by Gasteiger charge is -2.20. The zero-order valence-corrected chi connectivity index (χ0v) is 14.1. The fourth-order valence-corrected chi connectivity index (χ4v) is 2.36. The predicted molar refractivity (Wildman–Crippen MR) is 90.0 cm³/mol. The van der Waals surface area contributed by atoms with Crippen LogP contribution in [-0.4, -0.2) is 16.3 Å². The number of hydrogen-bond donors (Lipinski definition) is 1. The Morgan fingerprint density at radius 2 is 2.05 bits per heavy atom. The van der Waals surface area contributed by atoms with Crippen molar-refractivity contribution in [1.82, 2.24) is 4.98 Å². The Bertz CT molecular complexity index is 646. The summed E-state index contributed by atoms with van der Waals surface area (Å²) in [6.07, 6.45) is 3.45. The van der Waals surface area contributed by atoms with Crippen molar-refractivity contribution in [2.75, 3.05) is 0 Å². The molecule has 1 aromatic heterocycles. The molecule has 0 aliphatic carbocycles. The monoisotopic (exact) mass is 346 g/mol. The quantitative estimate of drug-likeness (QED) is 0.833. The minimum absolute atomic E-state index is 0.0137. The molecule has 0 saturated heterocycles. The van der Waals surface area contributed by atoms with Gasteiger partial charge in [-0.25, -0.2) is 0 Å². The summed E-state index contributed by atoms with van der Waals surface area (Å²) in [6.45, 7) is 6.92. The molecule has 0 bridgehead atoms. The van der Waals surface area contributed by atoms with Crippen LogP contribution in [0, 0.1) is 0 Å². The Balaban J connectivity index is 2.25. The number of aromatic nitrogens is 1. The highest BCUT2D eigenvalue weighted by atomic mass is 79.9. The number of pyridine rings is 1. The van der Waals surface area contributed by atoms with Crippen molar-refractivity contribution in [3.63, 3.8) is 0 Å². The minimum Gasteiger partial charge on any atom is -0.506 e. The molecular formula is C17H19BrN2O. The second-order valence-corrected chi connectivity index (χ2v) is 6.79. The highest BCUT2D eigenvalue weighted by Crippen LogP contribution is 2.33. The predicted octanol–water partition coefficient (Wildman–Crippen LogP) is 4.47. The number of rotatable bonds is 3. The lowest BCUT2D eigenvalue weighted by Crippen LogP contribution is -2.11. The van der Waals surface area contributed by atoms with E-state index in [1.807, 2.05) is 30.3 Å². The van der Waals surface area contributed by atoms with E-state index in [-0.39, 0.29) is 11.2 Å². The smallest absolute Gasteiger partial charge is 0.138 e. The van der Waals surface area contributed by atoms with Crippen LogP contribution >= 0.6 is 15.9 Å². The summed E-state index contributed by atoms with van der Waals surface area (Å²) < 4.78 is 0.689. The van der Waals surface area contributed by atoms with E-state index in [1.165, 1.54) is 0 Å². The van der Waals surface area contributed by atoms with Gasteiger partial charge in [0.2, 0.25) is 0 Å². The highest BCUT2D eigenvalue weighted by Gasteiger charge is 2.17. The van der Waals surface area contributed by atoms with Gasteiger partial charge in [0, 0.05) is 18.0 Å². The van der Waals surface area contributed by atoms with Gasteiger partial charge in [0.25, 0.3) is 0 Å². The number of benzene rings is 1. The molecule has 0 amide bonds. The molecule has 0 saturated carbocycles. The molecule has 1 N–H and O–H groups in total. The number of aromatic hydroxyl groups is 1. The molecule has 1 aromatic carbocycles. The maximum absolute atomic E-state index is 10.1. The zero-order chi connectivity index (χ0) is 15.5. The van der Waals surface area contributed by atoms with Crippen molar-refractivity contribution in [3.05, 3.63) is 57.8 Å². The Morgan fingerprint density at radius 3 is 2.67 bits per heavy atom. The first-order chi connectivity index (χ1) is 9.88. The molecule has 0 unspecified atom stereocenters. The summed E-state index contributed by atoms with van der Waals surface area (Å²) in [5.74, 6) is 0.216. The second-order valence-electron chi connectivity index (χ2n) is 5.94. The normalized spacial score (nSPS) is 12.0. The standard InChI is InChI=1S/C17H19BrN2O/c1-17(2,3)13-8-12(16(21)15(18)9-13)10-19-11-14-6-4-5-7-20-14/h4-10,21H,11H2,1-3H3. The van der Waals surface area contributed by atoms with Gasteiger partial charge in [-0.3, -0.25) is 9.98 Å². The lowest BCUT2D eigenvalue weighted by molar-refractivity contribution is 0.469. The third-order valence-electron chi connectivity index (χ3n) is 3.17. The van der Waals surface area contributed by atoms with Crippen LogP contribution in [0.15, 0.2) is 46.0 Å². The van der Waals surface area contributed by atoms with Gasteiger partial charge in [-0.05, 0) is 51.2 Å². The summed E-state index contributed by atoms with van der Waals surface area (Å²) in [6, 6.07) is 9.67. The molecule has 0 aliphatic heterocycles. The van der Waals surface area contributed by atoms with E-state index in [0.29, 0.717) is 16.6 Å². The molecule has 2 aromatic rings. The van der Waals surface area contributed by atoms with Crippen molar-refractivity contribution in [1.29, 1.82) is 0 Å². The molecule has 110 valence electrons. The molecule has 0 fully saturated rings. The van der Waals surface area contributed by atoms with Gasteiger partial charge in [-0.15, -0.1) is 0 Å². The molecule has 2 rings (SSSR count). The fraction of sp³-hybridized carbons (Fsp3) is 0.294. The molecule has 21 heavy (non-hydrogen) atoms. The van der Waals surface area contributed by atoms with Crippen molar-refractivity contribution < 1.29 is 5.11 Å². The Kier molecular flexibility index (Phi) is 4.78. The van der Waals surface area contributed by atoms with Gasteiger partial charge >= 0.3 is 0 Å². The molecule has 4 heteroatoms. The molecule has 0 radical (unpaired) electrons. The zero-order valence-electron chi connectivity index (χ0n) is 12.5. The maximum Gasteiger partial charge on any atom is 0.138 e. The second kappa shape index (κ2) is 6.39. The lowest BCUT2D eigenvalue weighted by atomic mass is 9.86. The van der Waals surface area contributed by atoms with Gasteiger partial charge in [-0.1, -0.05) is 26.8 Å². The molecule has 0 aliphatic rings. The van der Waals surface area contributed by atoms with E-state index in [2.05, 4.69) is 46.7 Å². The van der Waals surface area contributed by atoms with Crippen LogP contribution in [-0.2, 0) is 12.0 Å². The SMILES string of the molecule is CC(C)(C)c1cc(Br)c(O)c(C=NCc2ccccn2)c1. The van der Waals surface area contributed by atoms with Crippen molar-refractivity contribution in [2.24, 2.45) is 4.99 Å². The van der Waals surface area contributed by atoms with Gasteiger partial charge in [0.05, 0.1) is 16.7 Å². The van der Waals surface area contributed by atoms with Crippen molar-refractivity contribution in [2.45, 2.75) is 32.7 Å². The summed E-state index contributed by atoms with van der Waals surface area (Å²) in [7, 11) is 0. The Labute approximate surface area is 133 Å². The maximum atomic E-state index is 10.1. The van der Waals surface area contributed by atoms with Gasteiger partial charge in [0.15, 0.2) is 0 Å². The molecular weight excluding hydrogens is 328 g/mol. The van der Waals surface area contributed by atoms with Crippen LogP contribution in [0.5, 0.6) is 5.75 Å². The van der Waals surface area contributed by atoms with E-state index in [1.54, 1.807) is 12.4 Å². The number of nitrogens with zero attached hydrogens (tertiary/aromatic N) is 2. The van der Waals surface area contributed by atoms with E-state index >= 15 is 0 Å². The van der Waals surface area contributed by atoms with E-state index in [4.69, 9.17) is 0 Å². The fourth-order valence-electron chi connectivity index (χ4n) is 1.88. The molecule has 0 spiro atoms. The Morgan fingerprint density at radius 1 is 1.29 bits per heavy atom. The first-order valence-corrected chi connectivity index (χ1v) is 7.60. The summed E-state index contributed by atoms with van der Waals surface area (Å²) in [5.41, 5.74) is 2.77. The van der Waals surface area contributed by atoms with E-state index in [0.717, 1.165) is 11.3 Å². The average molecular weight is 347 g/mol. The third-order valence-corrected chi connectivity index (χ3v) is 3.77. The largest absolute Gasteiger partial charge is 0.506 e. The number of halogens is 1. The number of phenolic OH excluding ortho intramolecular Hbond substituents is 1. The van der Waals surface area contributed by atoms with E-state index in [9.17, 15) is 5.11 Å². The van der Waals surface area contributed by atoms with Crippen LogP contribution in [0.25, 0.3) is 0 Å². The highest BCUT2D eigenvalue weighted by molar-refractivity contribution is 9.10. The topological polar surface area (TPSA) is 45.5 Å². The Hall–Kier alpha value is -1.68. The number of phenols is 1. The van der Waals surface area contributed by atoms with Gasteiger partial charge in [0.1, 0.15) is 5.75 Å². The summed E-state index contributed by atoms with van der Waals surface area (Å²) >= 11 is 3.40. The first kappa shape index (κ1) is 15.7. The number of hydrogen-bond acceptors (Lipinski definition) is 3. The summed E-state index contributed by atoms with van der Waals surface area (Å²) in [4.78, 5) is 8.59. The van der Waals surface area contributed by atoms with Crippen molar-refractivity contribution in [3.8, 4) is 5.75 Å². The van der Waals surface area contributed by atoms with Crippen LogP contribution < -0.4 is 0 Å². The third kappa shape index (κ3) is 4.14. The van der Waals surface area contributed by atoms with Crippen LogP contribution in [0.4, 0.5) is 0 Å². The minimum atomic E-state index is 0.0137. The van der Waals surface area contributed by atoms with Crippen LogP contribution in [0.2, 0.25) is 0 Å². The van der Waals surface area contributed by atoms with Crippen LogP contribution in [0.3, 0.4) is 0 Å². The molecule has 3 nitrogen and oxygen atoms in total. The van der Waals surface area contributed by atoms with Crippen LogP contribution in [0.1, 0.15) is 37.6 Å². The molecule has 1 heterocycles. The average Bonchev–Trinajstić information content (AvgIpc) is 2.43. The molecule has 0 atom stereocenters. The first-order valence-electron chi connectivity index (χ1n) is 6.80. The van der Waals surface area contributed by atoms with E-state index < -0.39 is 0 Å². The van der Waals surface area contributed by atoms with Gasteiger partial charge < -0.3 is 5.11 Å².